The molecule has 0 N–H and O–H groups in total. The van der Waals surface area contributed by atoms with E-state index in [-0.39, 0.29) is 12.8 Å². The Kier molecular flexibility index (Phi) is 4.21. The predicted octanol–water partition coefficient (Wildman–Crippen LogP) is 0.801. The number of hydrogen-bond acceptors (Lipinski definition) is 3. The molecule has 0 aliphatic carbocycles. The van der Waals surface area contributed by atoms with Crippen LogP contribution in [0.3, 0.4) is 0 Å². The molecule has 1 unspecified atom stereocenters. The molecule has 0 fully saturated rings. The number of hydrogen-bond donors (Lipinski definition) is 0. The average Bonchev–Trinajstić information content (AvgIpc) is 1.98. The molecule has 0 aromatic rings. The average molecular weight is 145 g/mol. The van der Waals surface area contributed by atoms with Gasteiger partial charge in [0.2, 0.25) is 0 Å². The van der Waals surface area contributed by atoms with E-state index in [1.807, 2.05) is 0 Å². The van der Waals surface area contributed by atoms with Crippen LogP contribution in [-0.2, 0) is 9.53 Å². The van der Waals surface area contributed by atoms with Crippen molar-refractivity contribution < 1.29 is 13.9 Å². The van der Waals surface area contributed by atoms with Crippen LogP contribution in [0, 0.1) is 11.3 Å². The van der Waals surface area contributed by atoms with Crippen molar-refractivity contribution in [1.29, 1.82) is 5.26 Å². The Hall–Kier alpha value is -1.11. The highest BCUT2D eigenvalue weighted by Crippen LogP contribution is 2.02. The topological polar surface area (TPSA) is 50.1 Å². The fraction of sp³-hybridized carbons (Fsp3) is 0.667. The van der Waals surface area contributed by atoms with Crippen molar-refractivity contribution >= 4 is 5.97 Å². The molecule has 0 aromatic heterocycles. The zero-order valence-electron chi connectivity index (χ0n) is 5.63. The van der Waals surface area contributed by atoms with Gasteiger partial charge in [0.15, 0.2) is 6.17 Å². The molecule has 0 saturated carbocycles. The number of alkyl halides is 1. The van der Waals surface area contributed by atoms with Gasteiger partial charge >= 0.3 is 5.97 Å². The van der Waals surface area contributed by atoms with Crippen LogP contribution in [0.15, 0.2) is 0 Å². The summed E-state index contributed by atoms with van der Waals surface area (Å²) in [4.78, 5) is 10.3. The van der Waals surface area contributed by atoms with E-state index in [1.54, 1.807) is 6.07 Å². The van der Waals surface area contributed by atoms with Crippen molar-refractivity contribution in [1.82, 2.24) is 0 Å². The van der Waals surface area contributed by atoms with Gasteiger partial charge in [-0.25, -0.2) is 9.18 Å². The number of methoxy groups -OCH3 is 1. The second-order valence-electron chi connectivity index (χ2n) is 1.69. The maximum Gasteiger partial charge on any atom is 0.340 e. The molecule has 0 heterocycles. The first-order chi connectivity index (χ1) is 4.72. The van der Waals surface area contributed by atoms with Crippen LogP contribution in [0.4, 0.5) is 4.39 Å². The quantitative estimate of drug-likeness (QED) is 0.552. The molecule has 1 atom stereocenters. The van der Waals surface area contributed by atoms with Crippen molar-refractivity contribution in [3.63, 3.8) is 0 Å². The molecular formula is C6H8FNO2. The minimum atomic E-state index is -1.65. The normalized spacial score (nSPS) is 11.7. The molecule has 0 aliphatic heterocycles. The lowest BCUT2D eigenvalue weighted by molar-refractivity contribution is -0.146. The highest BCUT2D eigenvalue weighted by atomic mass is 19.1. The number of halogens is 1. The Bertz CT molecular complexity index is 152. The van der Waals surface area contributed by atoms with E-state index in [9.17, 15) is 9.18 Å². The standard InChI is InChI=1S/C6H8FNO2/c1-10-6(9)5(7)3-2-4-8/h5H,2-3H2,1H3. The number of carbonyl (C=O) groups is 1. The lowest BCUT2D eigenvalue weighted by Crippen LogP contribution is -2.16. The Labute approximate surface area is 58.4 Å². The van der Waals surface area contributed by atoms with Crippen LogP contribution < -0.4 is 0 Å². The van der Waals surface area contributed by atoms with Gasteiger partial charge in [0, 0.05) is 12.8 Å². The van der Waals surface area contributed by atoms with E-state index in [0.29, 0.717) is 0 Å². The first-order valence-corrected chi connectivity index (χ1v) is 2.81. The van der Waals surface area contributed by atoms with Crippen LogP contribution in [0.5, 0.6) is 0 Å². The molecule has 3 nitrogen and oxygen atoms in total. The molecule has 0 saturated heterocycles. The molecule has 0 aromatic carbocycles. The van der Waals surface area contributed by atoms with Crippen molar-refractivity contribution in [2.45, 2.75) is 19.0 Å². The van der Waals surface area contributed by atoms with Gasteiger partial charge in [-0.15, -0.1) is 0 Å². The smallest absolute Gasteiger partial charge is 0.340 e. The molecule has 10 heavy (non-hydrogen) atoms. The third kappa shape index (κ3) is 3.02. The second kappa shape index (κ2) is 4.74. The van der Waals surface area contributed by atoms with E-state index >= 15 is 0 Å². The lowest BCUT2D eigenvalue weighted by Gasteiger charge is -2.00. The van der Waals surface area contributed by atoms with Gasteiger partial charge in [0.1, 0.15) is 0 Å². The zero-order valence-corrected chi connectivity index (χ0v) is 5.63. The van der Waals surface area contributed by atoms with Gasteiger partial charge in [-0.3, -0.25) is 0 Å². The van der Waals surface area contributed by atoms with Gasteiger partial charge in [-0.1, -0.05) is 0 Å². The van der Waals surface area contributed by atoms with Gasteiger partial charge < -0.3 is 4.74 Å². The van der Waals surface area contributed by atoms with Crippen LogP contribution in [0.1, 0.15) is 12.8 Å². The number of esters is 1. The summed E-state index contributed by atoms with van der Waals surface area (Å²) in [6, 6.07) is 1.73. The number of rotatable bonds is 3. The van der Waals surface area contributed by atoms with Gasteiger partial charge in [0.05, 0.1) is 13.2 Å². The Balaban J connectivity index is 3.53. The largest absolute Gasteiger partial charge is 0.467 e. The molecular weight excluding hydrogens is 137 g/mol. The Morgan fingerprint density at radius 2 is 2.50 bits per heavy atom. The van der Waals surface area contributed by atoms with Crippen LogP contribution in [-0.4, -0.2) is 19.3 Å². The first-order valence-electron chi connectivity index (χ1n) is 2.81. The van der Waals surface area contributed by atoms with Crippen LogP contribution in [0.2, 0.25) is 0 Å². The molecule has 0 radical (unpaired) electrons. The third-order valence-corrected chi connectivity index (χ3v) is 0.967. The van der Waals surface area contributed by atoms with Crippen LogP contribution in [0.25, 0.3) is 0 Å². The number of ether oxygens (including phenoxy) is 1. The number of nitriles is 1. The van der Waals surface area contributed by atoms with Gasteiger partial charge in [-0.05, 0) is 0 Å². The second-order valence-corrected chi connectivity index (χ2v) is 1.69. The molecule has 0 aliphatic rings. The van der Waals surface area contributed by atoms with Crippen molar-refractivity contribution in [2.75, 3.05) is 7.11 Å². The highest BCUT2D eigenvalue weighted by molar-refractivity contribution is 5.74. The lowest BCUT2D eigenvalue weighted by atomic mass is 10.2. The number of carbonyl (C=O) groups excluding carboxylic acids is 1. The van der Waals surface area contributed by atoms with Crippen molar-refractivity contribution in [3.8, 4) is 6.07 Å². The SMILES string of the molecule is COC(=O)C(F)CCC#N. The highest BCUT2D eigenvalue weighted by Gasteiger charge is 2.16. The van der Waals surface area contributed by atoms with E-state index in [4.69, 9.17) is 5.26 Å². The van der Waals surface area contributed by atoms with E-state index in [2.05, 4.69) is 4.74 Å². The first kappa shape index (κ1) is 8.89. The number of nitrogens with zero attached hydrogens (tertiary/aromatic N) is 1. The summed E-state index contributed by atoms with van der Waals surface area (Å²) in [5, 5.41) is 8.00. The maximum absolute atomic E-state index is 12.4. The maximum atomic E-state index is 12.4. The molecule has 56 valence electrons. The monoisotopic (exact) mass is 145 g/mol. The minimum Gasteiger partial charge on any atom is -0.467 e. The van der Waals surface area contributed by atoms with E-state index in [0.717, 1.165) is 7.11 Å². The Morgan fingerprint density at radius 3 is 2.90 bits per heavy atom. The fourth-order valence-electron chi connectivity index (χ4n) is 0.437. The summed E-state index contributed by atoms with van der Waals surface area (Å²) < 4.78 is 16.4. The summed E-state index contributed by atoms with van der Waals surface area (Å²) in [5.74, 6) is -0.907. The fourth-order valence-corrected chi connectivity index (χ4v) is 0.437. The zero-order chi connectivity index (χ0) is 7.98. The van der Waals surface area contributed by atoms with E-state index in [1.165, 1.54) is 0 Å². The summed E-state index contributed by atoms with van der Waals surface area (Å²) in [6.45, 7) is 0. The molecule has 0 amide bonds. The minimum absolute atomic E-state index is 0.0380. The summed E-state index contributed by atoms with van der Waals surface area (Å²) in [6.07, 6.45) is -1.69. The summed E-state index contributed by atoms with van der Waals surface area (Å²) in [5.41, 5.74) is 0. The molecule has 0 bridgehead atoms. The van der Waals surface area contributed by atoms with E-state index < -0.39 is 12.1 Å². The summed E-state index contributed by atoms with van der Waals surface area (Å²) in [7, 11) is 1.11. The third-order valence-electron chi connectivity index (χ3n) is 0.967. The predicted molar refractivity (Wildman–Crippen MR) is 31.8 cm³/mol. The summed E-state index contributed by atoms with van der Waals surface area (Å²) >= 11 is 0. The van der Waals surface area contributed by atoms with Crippen molar-refractivity contribution in [3.05, 3.63) is 0 Å². The van der Waals surface area contributed by atoms with Crippen molar-refractivity contribution in [2.24, 2.45) is 0 Å². The molecule has 0 spiro atoms. The Morgan fingerprint density at radius 1 is 1.90 bits per heavy atom. The van der Waals surface area contributed by atoms with Gasteiger partial charge in [-0.2, -0.15) is 5.26 Å². The van der Waals surface area contributed by atoms with Crippen LogP contribution >= 0.6 is 0 Å². The molecule has 0 rings (SSSR count). The molecule has 4 heteroatoms. The van der Waals surface area contributed by atoms with Gasteiger partial charge in [0.25, 0.3) is 0 Å².